The Kier molecular flexibility index (Phi) is 1.86. The van der Waals surface area contributed by atoms with Crippen LogP contribution in [-0.4, -0.2) is 22.0 Å². The molecule has 0 radical (unpaired) electrons. The molecule has 80 valence electrons. The van der Waals surface area contributed by atoms with Gasteiger partial charge in [0.25, 0.3) is 0 Å². The predicted molar refractivity (Wildman–Crippen MR) is 55.8 cm³/mol. The number of hydrogen-bond donors (Lipinski definition) is 1. The molecule has 1 aliphatic rings. The first-order chi connectivity index (χ1) is 7.83. The highest BCUT2D eigenvalue weighted by molar-refractivity contribution is 5.64. The van der Waals surface area contributed by atoms with Crippen molar-refractivity contribution in [3.63, 3.8) is 0 Å². The van der Waals surface area contributed by atoms with Gasteiger partial charge in [0.1, 0.15) is 0 Å². The zero-order chi connectivity index (χ0) is 11.0. The van der Waals surface area contributed by atoms with Crippen molar-refractivity contribution in [2.24, 2.45) is 0 Å². The predicted octanol–water partition coefficient (Wildman–Crippen LogP) is 0.849. The van der Waals surface area contributed by atoms with Crippen molar-refractivity contribution in [3.8, 4) is 22.8 Å². The molecule has 1 aliphatic heterocycles. The van der Waals surface area contributed by atoms with Crippen LogP contribution >= 0.6 is 0 Å². The number of aromatic nitrogens is 3. The van der Waals surface area contributed by atoms with Crippen molar-refractivity contribution >= 4 is 5.95 Å². The van der Waals surface area contributed by atoms with Crippen LogP contribution in [0.25, 0.3) is 11.3 Å². The Labute approximate surface area is 91.0 Å². The molecule has 1 aromatic carbocycles. The van der Waals surface area contributed by atoms with Crippen molar-refractivity contribution in [1.29, 1.82) is 0 Å². The van der Waals surface area contributed by atoms with E-state index in [2.05, 4.69) is 15.2 Å². The zero-order valence-corrected chi connectivity index (χ0v) is 8.25. The third kappa shape index (κ3) is 1.40. The molecule has 6 nitrogen and oxygen atoms in total. The van der Waals surface area contributed by atoms with Crippen LogP contribution in [0.1, 0.15) is 0 Å². The third-order valence-corrected chi connectivity index (χ3v) is 2.24. The van der Waals surface area contributed by atoms with Crippen molar-refractivity contribution in [1.82, 2.24) is 15.2 Å². The summed E-state index contributed by atoms with van der Waals surface area (Å²) in [5.74, 6) is 1.59. The van der Waals surface area contributed by atoms with Crippen LogP contribution < -0.4 is 15.2 Å². The molecule has 0 saturated carbocycles. The molecule has 0 saturated heterocycles. The summed E-state index contributed by atoms with van der Waals surface area (Å²) in [5, 5.41) is 7.34. The molecule has 0 atom stereocenters. The average molecular weight is 216 g/mol. The minimum Gasteiger partial charge on any atom is -0.454 e. The first kappa shape index (κ1) is 8.90. The van der Waals surface area contributed by atoms with Gasteiger partial charge in [0.05, 0.1) is 11.9 Å². The van der Waals surface area contributed by atoms with E-state index in [-0.39, 0.29) is 12.7 Å². The highest BCUT2D eigenvalue weighted by Crippen LogP contribution is 2.35. The second kappa shape index (κ2) is 3.34. The van der Waals surface area contributed by atoms with E-state index >= 15 is 0 Å². The number of rotatable bonds is 1. The Morgan fingerprint density at radius 2 is 2.06 bits per heavy atom. The van der Waals surface area contributed by atoms with Crippen molar-refractivity contribution in [2.75, 3.05) is 12.5 Å². The Bertz CT molecular complexity index is 544. The standard InChI is InChI=1S/C10H8N4O2/c11-10-13-7(4-12-14-10)6-1-2-8-9(3-6)16-5-15-8/h1-4H,5H2,(H2,11,13,14). The number of nitrogens with zero attached hydrogens (tertiary/aromatic N) is 3. The van der Waals surface area contributed by atoms with E-state index in [9.17, 15) is 0 Å². The molecular weight excluding hydrogens is 208 g/mol. The van der Waals surface area contributed by atoms with Gasteiger partial charge in [-0.2, -0.15) is 5.10 Å². The van der Waals surface area contributed by atoms with Gasteiger partial charge in [-0.05, 0) is 18.2 Å². The number of nitrogen functional groups attached to an aromatic ring is 1. The Hall–Kier alpha value is -2.37. The van der Waals surface area contributed by atoms with Gasteiger partial charge in [0, 0.05) is 5.56 Å². The lowest BCUT2D eigenvalue weighted by atomic mass is 10.1. The molecule has 0 spiro atoms. The molecule has 6 heteroatoms. The SMILES string of the molecule is Nc1nncc(-c2ccc3c(c2)OCO3)n1. The number of nitrogens with two attached hydrogens (primary N) is 1. The van der Waals surface area contributed by atoms with Crippen LogP contribution in [0.4, 0.5) is 5.95 Å². The summed E-state index contributed by atoms with van der Waals surface area (Å²) in [6.07, 6.45) is 1.55. The molecular formula is C10H8N4O2. The fraction of sp³-hybridized carbons (Fsp3) is 0.100. The second-order valence-corrected chi connectivity index (χ2v) is 3.27. The number of benzene rings is 1. The Morgan fingerprint density at radius 3 is 2.94 bits per heavy atom. The second-order valence-electron chi connectivity index (χ2n) is 3.27. The maximum atomic E-state index is 5.47. The lowest BCUT2D eigenvalue weighted by molar-refractivity contribution is 0.174. The summed E-state index contributed by atoms with van der Waals surface area (Å²) in [7, 11) is 0. The van der Waals surface area contributed by atoms with E-state index < -0.39 is 0 Å². The molecule has 0 aliphatic carbocycles. The number of hydrogen-bond acceptors (Lipinski definition) is 6. The molecule has 2 heterocycles. The first-order valence-corrected chi connectivity index (χ1v) is 4.68. The summed E-state index contributed by atoms with van der Waals surface area (Å²) >= 11 is 0. The van der Waals surface area contributed by atoms with Crippen molar-refractivity contribution in [2.45, 2.75) is 0 Å². The molecule has 2 aromatic rings. The highest BCUT2D eigenvalue weighted by atomic mass is 16.7. The zero-order valence-electron chi connectivity index (χ0n) is 8.25. The van der Waals surface area contributed by atoms with Gasteiger partial charge in [-0.3, -0.25) is 0 Å². The maximum Gasteiger partial charge on any atom is 0.240 e. The van der Waals surface area contributed by atoms with Crippen molar-refractivity contribution < 1.29 is 9.47 Å². The van der Waals surface area contributed by atoms with Gasteiger partial charge in [-0.25, -0.2) is 4.98 Å². The van der Waals surface area contributed by atoms with E-state index in [0.717, 1.165) is 11.3 Å². The molecule has 0 fully saturated rings. The van der Waals surface area contributed by atoms with Crippen LogP contribution in [0.5, 0.6) is 11.5 Å². The average Bonchev–Trinajstić information content (AvgIpc) is 2.75. The van der Waals surface area contributed by atoms with Crippen LogP contribution in [0.15, 0.2) is 24.4 Å². The van der Waals surface area contributed by atoms with Gasteiger partial charge < -0.3 is 15.2 Å². The fourth-order valence-corrected chi connectivity index (χ4v) is 1.51. The molecule has 16 heavy (non-hydrogen) atoms. The van der Waals surface area contributed by atoms with Gasteiger partial charge >= 0.3 is 0 Å². The van der Waals surface area contributed by atoms with Crippen LogP contribution in [0, 0.1) is 0 Å². The minimum absolute atomic E-state index is 0.148. The van der Waals surface area contributed by atoms with Crippen molar-refractivity contribution in [3.05, 3.63) is 24.4 Å². The summed E-state index contributed by atoms with van der Waals surface area (Å²) in [6.45, 7) is 0.253. The molecule has 0 unspecified atom stereocenters. The summed E-state index contributed by atoms with van der Waals surface area (Å²) in [4.78, 5) is 4.08. The van der Waals surface area contributed by atoms with Gasteiger partial charge in [0.2, 0.25) is 12.7 Å². The summed E-state index contributed by atoms with van der Waals surface area (Å²) in [6, 6.07) is 5.54. The van der Waals surface area contributed by atoms with E-state index in [0.29, 0.717) is 11.4 Å². The van der Waals surface area contributed by atoms with Crippen LogP contribution in [0.2, 0.25) is 0 Å². The number of ether oxygens (including phenoxy) is 2. The van der Waals surface area contributed by atoms with Crippen LogP contribution in [-0.2, 0) is 0 Å². The Balaban J connectivity index is 2.07. The molecule has 2 N–H and O–H groups in total. The topological polar surface area (TPSA) is 83.2 Å². The molecule has 0 amide bonds. The lowest BCUT2D eigenvalue weighted by Crippen LogP contribution is -1.97. The van der Waals surface area contributed by atoms with Gasteiger partial charge in [-0.1, -0.05) is 0 Å². The lowest BCUT2D eigenvalue weighted by Gasteiger charge is -2.01. The normalized spacial score (nSPS) is 12.8. The number of fused-ring (bicyclic) bond motifs is 1. The monoisotopic (exact) mass is 216 g/mol. The third-order valence-electron chi connectivity index (χ3n) is 2.24. The van der Waals surface area contributed by atoms with Crippen LogP contribution in [0.3, 0.4) is 0 Å². The molecule has 0 bridgehead atoms. The van der Waals surface area contributed by atoms with E-state index in [4.69, 9.17) is 15.2 Å². The van der Waals surface area contributed by atoms with E-state index in [1.165, 1.54) is 0 Å². The van der Waals surface area contributed by atoms with Gasteiger partial charge in [0.15, 0.2) is 11.5 Å². The molecule has 1 aromatic heterocycles. The number of anilines is 1. The van der Waals surface area contributed by atoms with E-state index in [1.807, 2.05) is 18.2 Å². The smallest absolute Gasteiger partial charge is 0.240 e. The maximum absolute atomic E-state index is 5.47. The van der Waals surface area contributed by atoms with E-state index in [1.54, 1.807) is 6.20 Å². The fourth-order valence-electron chi connectivity index (χ4n) is 1.51. The minimum atomic E-state index is 0.148. The largest absolute Gasteiger partial charge is 0.454 e. The first-order valence-electron chi connectivity index (χ1n) is 4.68. The quantitative estimate of drug-likeness (QED) is 0.760. The summed E-state index contributed by atoms with van der Waals surface area (Å²) < 4.78 is 10.5. The highest BCUT2D eigenvalue weighted by Gasteiger charge is 2.14. The van der Waals surface area contributed by atoms with Gasteiger partial charge in [-0.15, -0.1) is 5.10 Å². The molecule has 3 rings (SSSR count). The Morgan fingerprint density at radius 1 is 1.19 bits per heavy atom. The summed E-state index contributed by atoms with van der Waals surface area (Å²) in [5.41, 5.74) is 6.99.